The Hall–Kier alpha value is -3.57. The van der Waals surface area contributed by atoms with Crippen molar-refractivity contribution < 1.29 is 19.5 Å². The number of aliphatic carboxylic acids is 1. The molecule has 3 aromatic carbocycles. The van der Waals surface area contributed by atoms with Gasteiger partial charge in [-0.05, 0) is 41.2 Å². The van der Waals surface area contributed by atoms with Crippen molar-refractivity contribution in [1.29, 1.82) is 0 Å². The van der Waals surface area contributed by atoms with Crippen LogP contribution in [0.25, 0.3) is 0 Å². The van der Waals surface area contributed by atoms with E-state index in [1.54, 1.807) is 0 Å². The van der Waals surface area contributed by atoms with E-state index < -0.39 is 5.97 Å². The third-order valence-electron chi connectivity index (χ3n) is 5.41. The van der Waals surface area contributed by atoms with E-state index >= 15 is 0 Å². The second-order valence-corrected chi connectivity index (χ2v) is 7.45. The molecule has 3 aromatic rings. The van der Waals surface area contributed by atoms with Gasteiger partial charge in [0.25, 0.3) is 0 Å². The summed E-state index contributed by atoms with van der Waals surface area (Å²) in [5.41, 5.74) is 7.40. The van der Waals surface area contributed by atoms with Gasteiger partial charge in [-0.1, -0.05) is 78.9 Å². The summed E-state index contributed by atoms with van der Waals surface area (Å²) in [6.45, 7) is -0.327. The van der Waals surface area contributed by atoms with Crippen LogP contribution in [0.2, 0.25) is 0 Å². The topological polar surface area (TPSA) is 67.8 Å². The quantitative estimate of drug-likeness (QED) is 0.481. The number of hydroxylamine groups is 1. The van der Waals surface area contributed by atoms with E-state index in [1.807, 2.05) is 54.7 Å². The van der Waals surface area contributed by atoms with Gasteiger partial charge in [-0.25, -0.2) is 4.79 Å². The molecule has 0 amide bonds. The first-order chi connectivity index (χ1) is 15.2. The van der Waals surface area contributed by atoms with Gasteiger partial charge < -0.3 is 9.84 Å². The average Bonchev–Trinajstić information content (AvgIpc) is 3.22. The lowest BCUT2D eigenvalue weighted by Crippen LogP contribution is -2.14. The third kappa shape index (κ3) is 5.13. The van der Waals surface area contributed by atoms with Crippen molar-refractivity contribution in [3.63, 3.8) is 0 Å². The number of nitrogens with one attached hydrogen (secondary N) is 1. The van der Waals surface area contributed by atoms with Gasteiger partial charge in [0.2, 0.25) is 0 Å². The molecule has 4 rings (SSSR count). The summed E-state index contributed by atoms with van der Waals surface area (Å²) in [5, 5.41) is 8.87. The van der Waals surface area contributed by atoms with Crippen molar-refractivity contribution in [3.05, 3.63) is 113 Å². The van der Waals surface area contributed by atoms with Crippen molar-refractivity contribution in [2.45, 2.75) is 24.9 Å². The smallest absolute Gasteiger partial charge is 0.341 e. The fraction of sp³-hybridized carbons (Fsp3) is 0.192. The molecule has 0 saturated carbocycles. The zero-order chi connectivity index (χ0) is 21.5. The summed E-state index contributed by atoms with van der Waals surface area (Å²) >= 11 is 0. The van der Waals surface area contributed by atoms with Crippen molar-refractivity contribution in [1.82, 2.24) is 5.48 Å². The summed E-state index contributed by atoms with van der Waals surface area (Å²) in [5.74, 6) is -0.0839. The fourth-order valence-electron chi connectivity index (χ4n) is 3.97. The normalized spacial score (nSPS) is 15.2. The number of benzene rings is 3. The molecule has 5 nitrogen and oxygen atoms in total. The molecule has 1 unspecified atom stereocenters. The monoisotopic (exact) mass is 415 g/mol. The maximum absolute atomic E-state index is 10.8. The molecule has 1 atom stereocenters. The van der Waals surface area contributed by atoms with Crippen LogP contribution in [0.15, 0.2) is 91.1 Å². The van der Waals surface area contributed by atoms with Gasteiger partial charge in [-0.15, -0.1) is 0 Å². The minimum atomic E-state index is -0.972. The van der Waals surface area contributed by atoms with Gasteiger partial charge in [0.15, 0.2) is 6.61 Å². The molecule has 5 heteroatoms. The van der Waals surface area contributed by atoms with Crippen LogP contribution in [0.4, 0.5) is 0 Å². The zero-order valence-corrected chi connectivity index (χ0v) is 17.1. The minimum absolute atomic E-state index is 0.223. The molecule has 31 heavy (non-hydrogen) atoms. The maximum atomic E-state index is 10.8. The van der Waals surface area contributed by atoms with Crippen molar-refractivity contribution in [2.24, 2.45) is 0 Å². The molecule has 1 aliphatic rings. The van der Waals surface area contributed by atoms with Gasteiger partial charge in [-0.3, -0.25) is 10.3 Å². The highest BCUT2D eigenvalue weighted by Gasteiger charge is 2.23. The summed E-state index contributed by atoms with van der Waals surface area (Å²) in [7, 11) is 0. The number of carbonyl (C=O) groups is 1. The Morgan fingerprint density at radius 1 is 1.00 bits per heavy atom. The molecule has 0 saturated heterocycles. The number of rotatable bonds is 9. The standard InChI is InChI=1S/C26H25NO4/c28-25(29)18-30-24-13-7-12-22-19(14-15-23(22)24)16-17-27-31-26(20-8-3-1-4-9-20)21-10-5-2-6-11-21/h1-13,16-17,19,26-27H,14-15,18H2,(H,28,29). The van der Waals surface area contributed by atoms with Crippen molar-refractivity contribution in [3.8, 4) is 5.75 Å². The van der Waals surface area contributed by atoms with Gasteiger partial charge in [0.05, 0.1) is 0 Å². The SMILES string of the molecule is O=C(O)COc1cccc2c1CCC2C=CNOC(c1ccccc1)c1ccccc1. The van der Waals surface area contributed by atoms with Crippen LogP contribution in [-0.2, 0) is 16.1 Å². The number of carboxylic acid groups (broad SMARTS) is 1. The molecule has 0 heterocycles. The number of hydrogen-bond acceptors (Lipinski definition) is 4. The number of hydrogen-bond donors (Lipinski definition) is 2. The van der Waals surface area contributed by atoms with Gasteiger partial charge in [-0.2, -0.15) is 0 Å². The average molecular weight is 415 g/mol. The van der Waals surface area contributed by atoms with Crippen LogP contribution in [0, 0.1) is 0 Å². The first-order valence-electron chi connectivity index (χ1n) is 10.4. The zero-order valence-electron chi connectivity index (χ0n) is 17.1. The lowest BCUT2D eigenvalue weighted by molar-refractivity contribution is -0.139. The summed E-state index contributed by atoms with van der Waals surface area (Å²) in [4.78, 5) is 16.8. The number of ether oxygens (including phenoxy) is 1. The van der Waals surface area contributed by atoms with E-state index in [1.165, 1.54) is 5.56 Å². The molecule has 0 radical (unpaired) electrons. The molecule has 0 aliphatic heterocycles. The molecule has 158 valence electrons. The highest BCUT2D eigenvalue weighted by molar-refractivity contribution is 5.68. The Labute approximate surface area is 181 Å². The molecule has 0 bridgehead atoms. The van der Waals surface area contributed by atoms with Crippen LogP contribution in [0.5, 0.6) is 5.75 Å². The molecule has 0 aromatic heterocycles. The molecule has 0 fully saturated rings. The summed E-state index contributed by atoms with van der Waals surface area (Å²) in [6.07, 6.45) is 5.50. The summed E-state index contributed by atoms with van der Waals surface area (Å²) < 4.78 is 5.45. The van der Waals surface area contributed by atoms with Crippen LogP contribution in [0.1, 0.15) is 40.7 Å². The first-order valence-corrected chi connectivity index (χ1v) is 10.4. The third-order valence-corrected chi connectivity index (χ3v) is 5.41. The maximum Gasteiger partial charge on any atom is 0.341 e. The van der Waals surface area contributed by atoms with Crippen LogP contribution in [-0.4, -0.2) is 17.7 Å². The predicted molar refractivity (Wildman–Crippen MR) is 119 cm³/mol. The highest BCUT2D eigenvalue weighted by Crippen LogP contribution is 2.39. The van der Waals surface area contributed by atoms with E-state index in [2.05, 4.69) is 41.9 Å². The van der Waals surface area contributed by atoms with Crippen molar-refractivity contribution in [2.75, 3.05) is 6.61 Å². The van der Waals surface area contributed by atoms with E-state index in [0.717, 1.165) is 29.5 Å². The second-order valence-electron chi connectivity index (χ2n) is 7.45. The Morgan fingerprint density at radius 3 is 2.32 bits per heavy atom. The number of fused-ring (bicyclic) bond motifs is 1. The van der Waals surface area contributed by atoms with Crippen molar-refractivity contribution >= 4 is 5.97 Å². The van der Waals surface area contributed by atoms with E-state index in [-0.39, 0.29) is 18.6 Å². The van der Waals surface area contributed by atoms with Gasteiger partial charge in [0.1, 0.15) is 11.9 Å². The number of allylic oxidation sites excluding steroid dienone is 1. The Bertz CT molecular complexity index is 994. The Morgan fingerprint density at radius 2 is 1.68 bits per heavy atom. The highest BCUT2D eigenvalue weighted by atomic mass is 16.7. The molecule has 2 N–H and O–H groups in total. The second kappa shape index (κ2) is 9.96. The number of carboxylic acids is 1. The van der Waals surface area contributed by atoms with Gasteiger partial charge >= 0.3 is 5.97 Å². The van der Waals surface area contributed by atoms with Crippen LogP contribution in [0.3, 0.4) is 0 Å². The van der Waals surface area contributed by atoms with E-state index in [0.29, 0.717) is 5.75 Å². The predicted octanol–water partition coefficient (Wildman–Crippen LogP) is 5.00. The van der Waals surface area contributed by atoms with Gasteiger partial charge in [0, 0.05) is 12.1 Å². The molecular weight excluding hydrogens is 390 g/mol. The van der Waals surface area contributed by atoms with E-state index in [4.69, 9.17) is 14.7 Å². The minimum Gasteiger partial charge on any atom is -0.482 e. The largest absolute Gasteiger partial charge is 0.482 e. The molecular formula is C26H25NO4. The van der Waals surface area contributed by atoms with E-state index in [9.17, 15) is 4.79 Å². The molecule has 1 aliphatic carbocycles. The lowest BCUT2D eigenvalue weighted by Gasteiger charge is -2.18. The lowest BCUT2D eigenvalue weighted by atomic mass is 10.0. The van der Waals surface area contributed by atoms with Crippen LogP contribution >= 0.6 is 0 Å². The van der Waals surface area contributed by atoms with Crippen LogP contribution < -0.4 is 10.2 Å². The summed E-state index contributed by atoms with van der Waals surface area (Å²) in [6, 6.07) is 26.0. The fourth-order valence-corrected chi connectivity index (χ4v) is 3.97. The first kappa shape index (κ1) is 20.7. The Balaban J connectivity index is 1.42. The molecule has 0 spiro atoms. The Kier molecular flexibility index (Phi) is 6.65.